The van der Waals surface area contributed by atoms with E-state index in [0.29, 0.717) is 0 Å². The van der Waals surface area contributed by atoms with E-state index in [1.807, 2.05) is 10.9 Å². The van der Waals surface area contributed by atoms with E-state index in [0.717, 1.165) is 26.1 Å². The molecule has 0 atom stereocenters. The van der Waals surface area contributed by atoms with E-state index in [-0.39, 0.29) is 0 Å². The maximum atomic E-state index is 4.40. The number of benzene rings is 1. The van der Waals surface area contributed by atoms with E-state index >= 15 is 0 Å². The standard InChI is InChI=1S/C18H23N3/c1-15(11-16-7-4-3-5-8-16)13-21-10-6-9-18-17(14-21)12-19-20(18)2/h3-5,7-8,11-12H,6,9-10,13-14H2,1-2H3/b15-11+. The number of fused-ring (bicyclic) bond motifs is 1. The summed E-state index contributed by atoms with van der Waals surface area (Å²) in [6, 6.07) is 10.6. The molecule has 0 saturated heterocycles. The van der Waals surface area contributed by atoms with Gasteiger partial charge in [0.15, 0.2) is 0 Å². The molecule has 3 heteroatoms. The minimum atomic E-state index is 1.02. The van der Waals surface area contributed by atoms with E-state index in [4.69, 9.17) is 0 Å². The van der Waals surface area contributed by atoms with Crippen LogP contribution in [0.2, 0.25) is 0 Å². The number of hydrogen-bond acceptors (Lipinski definition) is 2. The van der Waals surface area contributed by atoms with Crippen LogP contribution in [0.3, 0.4) is 0 Å². The number of aryl methyl sites for hydroxylation is 1. The molecule has 1 aromatic carbocycles. The molecule has 110 valence electrons. The lowest BCUT2D eigenvalue weighted by molar-refractivity contribution is 0.293. The molecule has 1 aliphatic heterocycles. The van der Waals surface area contributed by atoms with Crippen LogP contribution in [-0.4, -0.2) is 27.8 Å². The molecule has 0 aliphatic carbocycles. The minimum Gasteiger partial charge on any atom is -0.295 e. The van der Waals surface area contributed by atoms with Gasteiger partial charge < -0.3 is 0 Å². The van der Waals surface area contributed by atoms with Gasteiger partial charge in [-0.1, -0.05) is 42.0 Å². The highest BCUT2D eigenvalue weighted by molar-refractivity contribution is 5.52. The summed E-state index contributed by atoms with van der Waals surface area (Å²) in [4.78, 5) is 2.53. The smallest absolute Gasteiger partial charge is 0.0537 e. The summed E-state index contributed by atoms with van der Waals surface area (Å²) in [6.07, 6.45) is 6.67. The number of aromatic nitrogens is 2. The first kappa shape index (κ1) is 14.1. The zero-order valence-electron chi connectivity index (χ0n) is 12.9. The lowest BCUT2D eigenvalue weighted by atomic mass is 10.1. The van der Waals surface area contributed by atoms with Crippen molar-refractivity contribution in [3.05, 3.63) is 58.9 Å². The second-order valence-corrected chi connectivity index (χ2v) is 5.96. The first-order valence-electron chi connectivity index (χ1n) is 7.67. The first-order chi connectivity index (χ1) is 10.2. The number of rotatable bonds is 3. The summed E-state index contributed by atoms with van der Waals surface area (Å²) in [7, 11) is 2.05. The van der Waals surface area contributed by atoms with Crippen molar-refractivity contribution in [3.8, 4) is 0 Å². The third kappa shape index (κ3) is 3.42. The summed E-state index contributed by atoms with van der Waals surface area (Å²) in [6.45, 7) is 5.43. The maximum Gasteiger partial charge on any atom is 0.0537 e. The predicted octanol–water partition coefficient (Wildman–Crippen LogP) is 3.27. The van der Waals surface area contributed by atoms with Crippen molar-refractivity contribution in [2.24, 2.45) is 7.05 Å². The molecule has 0 bridgehead atoms. The molecule has 1 aromatic heterocycles. The third-order valence-electron chi connectivity index (χ3n) is 4.12. The Labute approximate surface area is 126 Å². The Hall–Kier alpha value is -1.87. The van der Waals surface area contributed by atoms with Crippen LogP contribution >= 0.6 is 0 Å². The molecule has 21 heavy (non-hydrogen) atoms. The molecule has 0 saturated carbocycles. The first-order valence-corrected chi connectivity index (χ1v) is 7.67. The second kappa shape index (κ2) is 6.27. The van der Waals surface area contributed by atoms with Gasteiger partial charge in [0.2, 0.25) is 0 Å². The van der Waals surface area contributed by atoms with Gasteiger partial charge in [-0.3, -0.25) is 9.58 Å². The highest BCUT2D eigenvalue weighted by atomic mass is 15.3. The predicted molar refractivity (Wildman–Crippen MR) is 86.9 cm³/mol. The van der Waals surface area contributed by atoms with Gasteiger partial charge >= 0.3 is 0 Å². The maximum absolute atomic E-state index is 4.40. The van der Waals surface area contributed by atoms with Gasteiger partial charge in [-0.05, 0) is 31.9 Å². The highest BCUT2D eigenvalue weighted by Crippen LogP contribution is 2.19. The van der Waals surface area contributed by atoms with Crippen molar-refractivity contribution in [1.82, 2.24) is 14.7 Å². The lowest BCUT2D eigenvalue weighted by Crippen LogP contribution is -2.25. The SMILES string of the molecule is C/C(=C\c1ccccc1)CN1CCCc2c(cnn2C)C1. The van der Waals surface area contributed by atoms with Crippen LogP contribution in [0.5, 0.6) is 0 Å². The van der Waals surface area contributed by atoms with Crippen molar-refractivity contribution in [2.45, 2.75) is 26.3 Å². The second-order valence-electron chi connectivity index (χ2n) is 5.96. The van der Waals surface area contributed by atoms with Crippen molar-refractivity contribution in [3.63, 3.8) is 0 Å². The topological polar surface area (TPSA) is 21.1 Å². The Morgan fingerprint density at radius 3 is 2.90 bits per heavy atom. The van der Waals surface area contributed by atoms with Gasteiger partial charge in [0.05, 0.1) is 6.20 Å². The molecular weight excluding hydrogens is 258 g/mol. The van der Waals surface area contributed by atoms with Crippen molar-refractivity contribution < 1.29 is 0 Å². The quantitative estimate of drug-likeness (QED) is 0.861. The van der Waals surface area contributed by atoms with E-state index in [1.165, 1.54) is 28.8 Å². The van der Waals surface area contributed by atoms with Crippen LogP contribution in [0.4, 0.5) is 0 Å². The monoisotopic (exact) mass is 281 g/mol. The van der Waals surface area contributed by atoms with Crippen LogP contribution < -0.4 is 0 Å². The molecule has 0 N–H and O–H groups in total. The van der Waals surface area contributed by atoms with Gasteiger partial charge in [-0.25, -0.2) is 0 Å². The fourth-order valence-electron chi connectivity index (χ4n) is 3.12. The zero-order chi connectivity index (χ0) is 14.7. The third-order valence-corrected chi connectivity index (χ3v) is 4.12. The molecule has 2 heterocycles. The molecule has 0 radical (unpaired) electrons. The van der Waals surface area contributed by atoms with Crippen molar-refractivity contribution >= 4 is 6.08 Å². The van der Waals surface area contributed by atoms with E-state index in [1.54, 1.807) is 0 Å². The summed E-state index contributed by atoms with van der Waals surface area (Å²) < 4.78 is 2.03. The van der Waals surface area contributed by atoms with Crippen LogP contribution in [0.1, 0.15) is 30.2 Å². The van der Waals surface area contributed by atoms with Crippen molar-refractivity contribution in [2.75, 3.05) is 13.1 Å². The Kier molecular flexibility index (Phi) is 4.20. The summed E-state index contributed by atoms with van der Waals surface area (Å²) in [5.41, 5.74) is 5.49. The molecule has 3 rings (SSSR count). The molecule has 0 spiro atoms. The molecular formula is C18H23N3. The molecule has 0 amide bonds. The van der Waals surface area contributed by atoms with Crippen molar-refractivity contribution in [1.29, 1.82) is 0 Å². The van der Waals surface area contributed by atoms with Gasteiger partial charge in [-0.2, -0.15) is 5.10 Å². The Morgan fingerprint density at radius 1 is 1.29 bits per heavy atom. The van der Waals surface area contributed by atoms with Crippen LogP contribution in [0, 0.1) is 0 Å². The fraction of sp³-hybridized carbons (Fsp3) is 0.389. The largest absolute Gasteiger partial charge is 0.295 e. The summed E-state index contributed by atoms with van der Waals surface area (Å²) in [5.74, 6) is 0. The number of nitrogens with zero attached hydrogens (tertiary/aromatic N) is 3. The van der Waals surface area contributed by atoms with Gasteiger partial charge in [-0.15, -0.1) is 0 Å². The van der Waals surface area contributed by atoms with Gasteiger partial charge in [0.25, 0.3) is 0 Å². The molecule has 0 fully saturated rings. The van der Waals surface area contributed by atoms with E-state index in [9.17, 15) is 0 Å². The molecule has 1 aliphatic rings. The highest BCUT2D eigenvalue weighted by Gasteiger charge is 2.17. The molecule has 2 aromatic rings. The number of hydrogen-bond donors (Lipinski definition) is 0. The Balaban J connectivity index is 1.69. The van der Waals surface area contributed by atoms with Crippen LogP contribution in [0.15, 0.2) is 42.1 Å². The minimum absolute atomic E-state index is 1.02. The Bertz CT molecular complexity index is 625. The summed E-state index contributed by atoms with van der Waals surface area (Å²) >= 11 is 0. The van der Waals surface area contributed by atoms with Crippen LogP contribution in [0.25, 0.3) is 6.08 Å². The van der Waals surface area contributed by atoms with Crippen LogP contribution in [-0.2, 0) is 20.0 Å². The average molecular weight is 281 g/mol. The Morgan fingerprint density at radius 2 is 2.10 bits per heavy atom. The molecule has 0 unspecified atom stereocenters. The lowest BCUT2D eigenvalue weighted by Gasteiger charge is -2.20. The molecule has 3 nitrogen and oxygen atoms in total. The van der Waals surface area contributed by atoms with E-state index < -0.39 is 0 Å². The average Bonchev–Trinajstić information content (AvgIpc) is 2.70. The van der Waals surface area contributed by atoms with E-state index in [2.05, 4.69) is 60.4 Å². The summed E-state index contributed by atoms with van der Waals surface area (Å²) in [5, 5.41) is 4.40. The van der Waals surface area contributed by atoms with Gasteiger partial charge in [0, 0.05) is 31.4 Å². The normalized spacial score (nSPS) is 16.6. The fourth-order valence-corrected chi connectivity index (χ4v) is 3.12. The zero-order valence-corrected chi connectivity index (χ0v) is 12.9. The van der Waals surface area contributed by atoms with Gasteiger partial charge in [0.1, 0.15) is 0 Å².